The molecule has 5 nitrogen and oxygen atoms in total. The predicted octanol–water partition coefficient (Wildman–Crippen LogP) is 3.51. The Kier molecular flexibility index (Phi) is 6.37. The zero-order valence-electron chi connectivity index (χ0n) is 13.7. The molecule has 0 aromatic heterocycles. The second-order valence-corrected chi connectivity index (χ2v) is 5.57. The van der Waals surface area contributed by atoms with Crippen LogP contribution in [0.15, 0.2) is 54.6 Å². The zero-order valence-corrected chi connectivity index (χ0v) is 13.7. The Morgan fingerprint density at radius 1 is 1.00 bits per heavy atom. The number of nitrogens with zero attached hydrogens (tertiary/aromatic N) is 1. The molecule has 24 heavy (non-hydrogen) atoms. The molecule has 0 radical (unpaired) electrons. The van der Waals surface area contributed by atoms with E-state index >= 15 is 0 Å². The van der Waals surface area contributed by atoms with Crippen molar-refractivity contribution in [1.29, 1.82) is 0 Å². The smallest absolute Gasteiger partial charge is 0.335 e. The van der Waals surface area contributed by atoms with Crippen LogP contribution in [0.4, 0.5) is 4.79 Å². The van der Waals surface area contributed by atoms with Gasteiger partial charge in [0.25, 0.3) is 0 Å². The van der Waals surface area contributed by atoms with Gasteiger partial charge in [-0.25, -0.2) is 9.59 Å². The Balaban J connectivity index is 1.93. The lowest BCUT2D eigenvalue weighted by Crippen LogP contribution is -2.39. The van der Waals surface area contributed by atoms with Crippen LogP contribution in [-0.2, 0) is 13.1 Å². The van der Waals surface area contributed by atoms with Gasteiger partial charge in [-0.15, -0.1) is 0 Å². The average Bonchev–Trinajstić information content (AvgIpc) is 2.60. The lowest BCUT2D eigenvalue weighted by atomic mass is 10.1. The molecule has 0 aliphatic rings. The van der Waals surface area contributed by atoms with Crippen molar-refractivity contribution in [3.8, 4) is 0 Å². The third-order valence-electron chi connectivity index (χ3n) is 3.64. The van der Waals surface area contributed by atoms with E-state index in [2.05, 4.69) is 5.32 Å². The highest BCUT2D eigenvalue weighted by Gasteiger charge is 2.12. The molecule has 0 spiro atoms. The summed E-state index contributed by atoms with van der Waals surface area (Å²) in [5.74, 6) is -0.956. The van der Waals surface area contributed by atoms with Crippen LogP contribution in [0.25, 0.3) is 0 Å². The van der Waals surface area contributed by atoms with Gasteiger partial charge in [0, 0.05) is 19.6 Å². The minimum absolute atomic E-state index is 0.122. The summed E-state index contributed by atoms with van der Waals surface area (Å²) in [7, 11) is 0. The highest BCUT2D eigenvalue weighted by molar-refractivity contribution is 5.87. The summed E-state index contributed by atoms with van der Waals surface area (Å²) < 4.78 is 0. The molecule has 0 atom stereocenters. The van der Waals surface area contributed by atoms with Gasteiger partial charge in [-0.2, -0.15) is 0 Å². The molecule has 0 saturated carbocycles. The van der Waals surface area contributed by atoms with E-state index in [1.54, 1.807) is 17.0 Å². The molecule has 0 bridgehead atoms. The highest BCUT2D eigenvalue weighted by Crippen LogP contribution is 2.07. The maximum absolute atomic E-state index is 12.4. The van der Waals surface area contributed by atoms with Crippen LogP contribution in [0.1, 0.15) is 34.8 Å². The van der Waals surface area contributed by atoms with Gasteiger partial charge in [-0.1, -0.05) is 49.4 Å². The third kappa shape index (κ3) is 5.12. The molecular formula is C19H22N2O3. The summed E-state index contributed by atoms with van der Waals surface area (Å²) in [5, 5.41) is 11.8. The quantitative estimate of drug-likeness (QED) is 0.818. The second kappa shape index (κ2) is 8.72. The standard InChI is InChI=1S/C19H22N2O3/c1-2-12-21(14-16-6-4-3-5-7-16)19(24)20-13-15-8-10-17(11-9-15)18(22)23/h3-11H,2,12-14H2,1H3,(H,20,24)(H,22,23). The van der Waals surface area contributed by atoms with Crippen LogP contribution < -0.4 is 5.32 Å². The fourth-order valence-electron chi connectivity index (χ4n) is 2.38. The Morgan fingerprint density at radius 2 is 1.67 bits per heavy atom. The number of carbonyl (C=O) groups excluding carboxylic acids is 1. The number of urea groups is 1. The Labute approximate surface area is 141 Å². The Hall–Kier alpha value is -2.82. The van der Waals surface area contributed by atoms with Crippen molar-refractivity contribution in [2.24, 2.45) is 0 Å². The Morgan fingerprint density at radius 3 is 2.25 bits per heavy atom. The number of carboxylic acids is 1. The zero-order chi connectivity index (χ0) is 17.4. The fourth-order valence-corrected chi connectivity index (χ4v) is 2.38. The van der Waals surface area contributed by atoms with Crippen molar-refractivity contribution in [1.82, 2.24) is 10.2 Å². The van der Waals surface area contributed by atoms with E-state index in [-0.39, 0.29) is 11.6 Å². The second-order valence-electron chi connectivity index (χ2n) is 5.57. The van der Waals surface area contributed by atoms with Crippen LogP contribution in [0, 0.1) is 0 Å². The van der Waals surface area contributed by atoms with Gasteiger partial charge in [0.05, 0.1) is 5.56 Å². The maximum atomic E-state index is 12.4. The van der Waals surface area contributed by atoms with E-state index < -0.39 is 5.97 Å². The number of aromatic carboxylic acids is 1. The monoisotopic (exact) mass is 326 g/mol. The van der Waals surface area contributed by atoms with Gasteiger partial charge in [0.1, 0.15) is 0 Å². The van der Waals surface area contributed by atoms with Crippen molar-refractivity contribution in [3.05, 3.63) is 71.3 Å². The van der Waals surface area contributed by atoms with E-state index in [4.69, 9.17) is 5.11 Å². The molecule has 126 valence electrons. The van der Waals surface area contributed by atoms with Crippen LogP contribution in [0.2, 0.25) is 0 Å². The highest BCUT2D eigenvalue weighted by atomic mass is 16.4. The van der Waals surface area contributed by atoms with Gasteiger partial charge in [0.2, 0.25) is 0 Å². The largest absolute Gasteiger partial charge is 0.478 e. The van der Waals surface area contributed by atoms with Gasteiger partial charge < -0.3 is 15.3 Å². The van der Waals surface area contributed by atoms with Crippen molar-refractivity contribution in [3.63, 3.8) is 0 Å². The number of hydrogen-bond donors (Lipinski definition) is 2. The van der Waals surface area contributed by atoms with Gasteiger partial charge >= 0.3 is 12.0 Å². The Bertz CT molecular complexity index is 669. The van der Waals surface area contributed by atoms with Gasteiger partial charge in [-0.3, -0.25) is 0 Å². The van der Waals surface area contributed by atoms with E-state index in [0.29, 0.717) is 19.6 Å². The summed E-state index contributed by atoms with van der Waals surface area (Å²) in [6.07, 6.45) is 0.883. The van der Waals surface area contributed by atoms with Gasteiger partial charge in [0.15, 0.2) is 0 Å². The predicted molar refractivity (Wildman–Crippen MR) is 92.8 cm³/mol. The van der Waals surface area contributed by atoms with Crippen LogP contribution in [0.5, 0.6) is 0 Å². The molecule has 0 fully saturated rings. The first-order valence-corrected chi connectivity index (χ1v) is 7.99. The number of carboxylic acid groups (broad SMARTS) is 1. The lowest BCUT2D eigenvalue weighted by molar-refractivity contribution is 0.0697. The molecule has 0 aliphatic carbocycles. The number of benzene rings is 2. The van der Waals surface area contributed by atoms with Gasteiger partial charge in [-0.05, 0) is 29.7 Å². The summed E-state index contributed by atoms with van der Waals surface area (Å²) in [6, 6.07) is 16.3. The molecule has 5 heteroatoms. The summed E-state index contributed by atoms with van der Waals surface area (Å²) in [5.41, 5.74) is 2.19. The summed E-state index contributed by atoms with van der Waals surface area (Å²) in [4.78, 5) is 25.0. The van der Waals surface area contributed by atoms with E-state index in [0.717, 1.165) is 17.5 Å². The first kappa shape index (κ1) is 17.5. The summed E-state index contributed by atoms with van der Waals surface area (Å²) in [6.45, 7) is 3.65. The molecule has 0 heterocycles. The third-order valence-corrected chi connectivity index (χ3v) is 3.64. The van der Waals surface area contributed by atoms with E-state index in [1.807, 2.05) is 37.3 Å². The van der Waals surface area contributed by atoms with E-state index in [1.165, 1.54) is 12.1 Å². The number of amides is 2. The van der Waals surface area contributed by atoms with Crippen molar-refractivity contribution in [2.45, 2.75) is 26.4 Å². The molecule has 2 amide bonds. The number of carbonyl (C=O) groups is 2. The molecule has 2 N–H and O–H groups in total. The molecule has 0 aliphatic heterocycles. The van der Waals surface area contributed by atoms with E-state index in [9.17, 15) is 9.59 Å². The first-order chi connectivity index (χ1) is 11.6. The maximum Gasteiger partial charge on any atom is 0.335 e. The molecule has 2 aromatic rings. The van der Waals surface area contributed by atoms with Crippen molar-refractivity contribution >= 4 is 12.0 Å². The minimum Gasteiger partial charge on any atom is -0.478 e. The fraction of sp³-hybridized carbons (Fsp3) is 0.263. The summed E-state index contributed by atoms with van der Waals surface area (Å²) >= 11 is 0. The first-order valence-electron chi connectivity index (χ1n) is 7.99. The molecule has 2 aromatic carbocycles. The lowest BCUT2D eigenvalue weighted by Gasteiger charge is -2.22. The number of rotatable bonds is 7. The molecule has 2 rings (SSSR count). The normalized spacial score (nSPS) is 10.2. The molecule has 0 unspecified atom stereocenters. The van der Waals surface area contributed by atoms with Crippen LogP contribution in [-0.4, -0.2) is 28.6 Å². The number of nitrogens with one attached hydrogen (secondary N) is 1. The van der Waals surface area contributed by atoms with Crippen LogP contribution in [0.3, 0.4) is 0 Å². The van der Waals surface area contributed by atoms with Crippen LogP contribution >= 0.6 is 0 Å². The topological polar surface area (TPSA) is 69.6 Å². The molecule has 0 saturated heterocycles. The van der Waals surface area contributed by atoms with Crippen molar-refractivity contribution in [2.75, 3.05) is 6.54 Å². The number of hydrogen-bond acceptors (Lipinski definition) is 2. The SMILES string of the molecule is CCCN(Cc1ccccc1)C(=O)NCc1ccc(C(=O)O)cc1. The minimum atomic E-state index is -0.956. The van der Waals surface area contributed by atoms with Crippen molar-refractivity contribution < 1.29 is 14.7 Å². The average molecular weight is 326 g/mol. The molecular weight excluding hydrogens is 304 g/mol.